The molecule has 1 aliphatic rings. The van der Waals surface area contributed by atoms with E-state index in [0.29, 0.717) is 5.39 Å². The van der Waals surface area contributed by atoms with Crippen molar-refractivity contribution in [2.45, 2.75) is 65.7 Å². The SMILES string of the molecule is Cc1cc(C)cc(-n2c(C)cc(C=Nn3c(C4CCCCC4)nc4ccccc4c3=O)c2C)c1. The normalized spacial score (nSPS) is 14.9. The van der Waals surface area contributed by atoms with E-state index < -0.39 is 0 Å². The van der Waals surface area contributed by atoms with Crippen LogP contribution in [0, 0.1) is 27.7 Å². The van der Waals surface area contributed by atoms with Crippen LogP contribution in [0.1, 0.15) is 71.9 Å². The van der Waals surface area contributed by atoms with E-state index >= 15 is 0 Å². The average Bonchev–Trinajstić information content (AvgIpc) is 3.11. The molecule has 1 aliphatic carbocycles. The molecule has 0 saturated heterocycles. The van der Waals surface area contributed by atoms with Crippen LogP contribution in [0.4, 0.5) is 0 Å². The minimum atomic E-state index is -0.0921. The third-order valence-corrected chi connectivity index (χ3v) is 7.00. The standard InChI is InChI=1S/C29H32N4O/c1-19-14-20(2)16-25(15-19)32-21(3)17-24(22(32)4)18-30-33-28(23-10-6-5-7-11-23)31-27-13-9-8-12-26(27)29(33)34/h8-9,12-18,23H,5-7,10-11H2,1-4H3. The minimum Gasteiger partial charge on any atom is -0.318 e. The van der Waals surface area contributed by atoms with Gasteiger partial charge < -0.3 is 4.57 Å². The van der Waals surface area contributed by atoms with E-state index in [1.54, 1.807) is 4.68 Å². The van der Waals surface area contributed by atoms with Crippen molar-refractivity contribution in [3.05, 3.63) is 92.8 Å². The Morgan fingerprint density at radius 1 is 0.941 bits per heavy atom. The van der Waals surface area contributed by atoms with Gasteiger partial charge in [-0.2, -0.15) is 9.78 Å². The summed E-state index contributed by atoms with van der Waals surface area (Å²) in [4.78, 5) is 18.4. The molecule has 1 saturated carbocycles. The van der Waals surface area contributed by atoms with Crippen molar-refractivity contribution in [3.8, 4) is 5.69 Å². The molecule has 0 radical (unpaired) electrons. The van der Waals surface area contributed by atoms with Crippen LogP contribution in [-0.4, -0.2) is 20.4 Å². The Balaban J connectivity index is 1.61. The quantitative estimate of drug-likeness (QED) is 0.339. The number of fused-ring (bicyclic) bond motifs is 1. The Labute approximate surface area is 200 Å². The number of para-hydroxylation sites is 1. The van der Waals surface area contributed by atoms with Crippen molar-refractivity contribution < 1.29 is 0 Å². The molecular weight excluding hydrogens is 420 g/mol. The largest absolute Gasteiger partial charge is 0.318 e. The third kappa shape index (κ3) is 4.11. The van der Waals surface area contributed by atoms with Crippen molar-refractivity contribution in [3.63, 3.8) is 0 Å². The van der Waals surface area contributed by atoms with Gasteiger partial charge in [-0.25, -0.2) is 4.98 Å². The average molecular weight is 453 g/mol. The van der Waals surface area contributed by atoms with E-state index in [2.05, 4.69) is 56.5 Å². The topological polar surface area (TPSA) is 52.2 Å². The summed E-state index contributed by atoms with van der Waals surface area (Å²) in [6.45, 7) is 8.46. The second kappa shape index (κ2) is 9.05. The molecule has 2 heterocycles. The molecule has 0 amide bonds. The predicted octanol–water partition coefficient (Wildman–Crippen LogP) is 6.35. The number of aromatic nitrogens is 3. The van der Waals surface area contributed by atoms with Crippen molar-refractivity contribution in [1.82, 2.24) is 14.2 Å². The third-order valence-electron chi connectivity index (χ3n) is 7.00. The lowest BCUT2D eigenvalue weighted by molar-refractivity contribution is 0.416. The zero-order valence-corrected chi connectivity index (χ0v) is 20.5. The van der Waals surface area contributed by atoms with Gasteiger partial charge in [-0.05, 0) is 82.0 Å². The van der Waals surface area contributed by atoms with Crippen LogP contribution in [0.2, 0.25) is 0 Å². The Bertz CT molecular complexity index is 1430. The Morgan fingerprint density at radius 2 is 1.65 bits per heavy atom. The first-order valence-corrected chi connectivity index (χ1v) is 12.3. The van der Waals surface area contributed by atoms with Gasteiger partial charge in [0.2, 0.25) is 0 Å². The van der Waals surface area contributed by atoms with Crippen LogP contribution in [0.3, 0.4) is 0 Å². The molecular formula is C29H32N4O. The Hall–Kier alpha value is -3.47. The Kier molecular flexibility index (Phi) is 5.94. The molecule has 5 rings (SSSR count). The monoisotopic (exact) mass is 452 g/mol. The number of hydrogen-bond acceptors (Lipinski definition) is 3. The zero-order chi connectivity index (χ0) is 23.8. The lowest BCUT2D eigenvalue weighted by Gasteiger charge is -2.22. The first-order chi connectivity index (χ1) is 16.4. The molecule has 2 aromatic carbocycles. The van der Waals surface area contributed by atoms with Crippen LogP contribution in [-0.2, 0) is 0 Å². The summed E-state index contributed by atoms with van der Waals surface area (Å²) in [5.41, 5.74) is 7.55. The summed E-state index contributed by atoms with van der Waals surface area (Å²) in [7, 11) is 0. The van der Waals surface area contributed by atoms with Gasteiger partial charge >= 0.3 is 0 Å². The molecule has 0 N–H and O–H groups in total. The predicted molar refractivity (Wildman–Crippen MR) is 140 cm³/mol. The van der Waals surface area contributed by atoms with Crippen LogP contribution < -0.4 is 5.56 Å². The summed E-state index contributed by atoms with van der Waals surface area (Å²) in [6, 6.07) is 16.3. The van der Waals surface area contributed by atoms with Crippen LogP contribution >= 0.6 is 0 Å². The second-order valence-corrected chi connectivity index (χ2v) is 9.69. The highest BCUT2D eigenvalue weighted by molar-refractivity contribution is 5.82. The maximum absolute atomic E-state index is 13.5. The van der Waals surface area contributed by atoms with Gasteiger partial charge in [0.05, 0.1) is 17.1 Å². The van der Waals surface area contributed by atoms with Gasteiger partial charge in [-0.3, -0.25) is 4.79 Å². The summed E-state index contributed by atoms with van der Waals surface area (Å²) in [5.74, 6) is 1.06. The number of hydrogen-bond donors (Lipinski definition) is 0. The van der Waals surface area contributed by atoms with Crippen LogP contribution in [0.25, 0.3) is 16.6 Å². The Morgan fingerprint density at radius 3 is 2.38 bits per heavy atom. The summed E-state index contributed by atoms with van der Waals surface area (Å²) in [6.07, 6.45) is 7.54. The molecule has 34 heavy (non-hydrogen) atoms. The van der Waals surface area contributed by atoms with E-state index in [1.165, 1.54) is 30.4 Å². The molecule has 2 aromatic heterocycles. The fourth-order valence-corrected chi connectivity index (χ4v) is 5.39. The minimum absolute atomic E-state index is 0.0921. The van der Waals surface area contributed by atoms with Crippen LogP contribution in [0.5, 0.6) is 0 Å². The molecule has 1 fully saturated rings. The molecule has 0 bridgehead atoms. The molecule has 0 spiro atoms. The number of rotatable bonds is 4. The smallest absolute Gasteiger partial charge is 0.282 e. The van der Waals surface area contributed by atoms with Gasteiger partial charge in [0.25, 0.3) is 5.56 Å². The van der Waals surface area contributed by atoms with Crippen LogP contribution in [0.15, 0.2) is 58.4 Å². The van der Waals surface area contributed by atoms with Gasteiger partial charge in [0.1, 0.15) is 5.82 Å². The number of nitrogens with zero attached hydrogens (tertiary/aromatic N) is 4. The molecule has 4 aromatic rings. The summed E-state index contributed by atoms with van der Waals surface area (Å²) in [5, 5.41) is 5.36. The first-order valence-electron chi connectivity index (χ1n) is 12.3. The fraction of sp³-hybridized carbons (Fsp3) is 0.345. The van der Waals surface area contributed by atoms with Crippen molar-refractivity contribution >= 4 is 17.1 Å². The van der Waals surface area contributed by atoms with Crippen molar-refractivity contribution in [1.29, 1.82) is 0 Å². The highest BCUT2D eigenvalue weighted by Gasteiger charge is 2.22. The van der Waals surface area contributed by atoms with Crippen molar-refractivity contribution in [2.75, 3.05) is 0 Å². The molecule has 0 aliphatic heterocycles. The molecule has 0 unspecified atom stereocenters. The van der Waals surface area contributed by atoms with E-state index in [1.807, 2.05) is 30.5 Å². The van der Waals surface area contributed by atoms with E-state index in [9.17, 15) is 4.79 Å². The lowest BCUT2D eigenvalue weighted by atomic mass is 9.88. The number of aryl methyl sites for hydroxylation is 3. The lowest BCUT2D eigenvalue weighted by Crippen LogP contribution is -2.25. The van der Waals surface area contributed by atoms with E-state index in [0.717, 1.165) is 46.8 Å². The highest BCUT2D eigenvalue weighted by atomic mass is 16.1. The fourth-order valence-electron chi connectivity index (χ4n) is 5.39. The summed E-state index contributed by atoms with van der Waals surface area (Å²) >= 11 is 0. The molecule has 5 nitrogen and oxygen atoms in total. The maximum Gasteiger partial charge on any atom is 0.282 e. The van der Waals surface area contributed by atoms with E-state index in [4.69, 9.17) is 10.1 Å². The van der Waals surface area contributed by atoms with E-state index in [-0.39, 0.29) is 11.5 Å². The van der Waals surface area contributed by atoms with Gasteiger partial charge in [-0.1, -0.05) is 37.5 Å². The molecule has 5 heteroatoms. The highest BCUT2D eigenvalue weighted by Crippen LogP contribution is 2.32. The van der Waals surface area contributed by atoms with Crippen molar-refractivity contribution in [2.24, 2.45) is 5.10 Å². The second-order valence-electron chi connectivity index (χ2n) is 9.69. The van der Waals surface area contributed by atoms with Gasteiger partial charge in [0, 0.05) is 28.6 Å². The van der Waals surface area contributed by atoms with Gasteiger partial charge in [-0.15, -0.1) is 0 Å². The maximum atomic E-state index is 13.5. The number of benzene rings is 2. The zero-order valence-electron chi connectivity index (χ0n) is 20.5. The summed E-state index contributed by atoms with van der Waals surface area (Å²) < 4.78 is 3.81. The molecule has 0 atom stereocenters. The van der Waals surface area contributed by atoms with Gasteiger partial charge in [0.15, 0.2) is 0 Å². The molecule has 174 valence electrons. The first kappa shape index (κ1) is 22.3.